The van der Waals surface area contributed by atoms with Crippen LogP contribution in [0.15, 0.2) is 42.6 Å². The number of rotatable bonds is 6. The van der Waals surface area contributed by atoms with E-state index in [4.69, 9.17) is 0 Å². The van der Waals surface area contributed by atoms with E-state index >= 15 is 0 Å². The van der Waals surface area contributed by atoms with Gasteiger partial charge in [-0.2, -0.15) is 0 Å². The summed E-state index contributed by atoms with van der Waals surface area (Å²) < 4.78 is 0. The lowest BCUT2D eigenvalue weighted by Gasteiger charge is -2.22. The maximum absolute atomic E-state index is 12.9. The normalized spacial score (nSPS) is 16.1. The largest absolute Gasteiger partial charge is 0.384 e. The molecule has 2 aromatic rings. The van der Waals surface area contributed by atoms with Gasteiger partial charge >= 0.3 is 0 Å². The maximum atomic E-state index is 12.9. The van der Waals surface area contributed by atoms with Crippen LogP contribution in [-0.4, -0.2) is 23.5 Å². The van der Waals surface area contributed by atoms with Crippen molar-refractivity contribution < 1.29 is 4.79 Å². The van der Waals surface area contributed by atoms with Gasteiger partial charge in [0.2, 0.25) is 0 Å². The molecule has 2 heterocycles. The molecule has 0 radical (unpaired) electrons. The van der Waals surface area contributed by atoms with Crippen LogP contribution in [-0.2, 0) is 6.42 Å². The van der Waals surface area contributed by atoms with Crippen LogP contribution >= 0.6 is 0 Å². The molecule has 126 valence electrons. The molecule has 1 aromatic carbocycles. The minimum Gasteiger partial charge on any atom is -0.384 e. The second kappa shape index (κ2) is 7.47. The zero-order valence-corrected chi connectivity index (χ0v) is 14.5. The molecular weight excluding hydrogens is 298 g/mol. The lowest BCUT2D eigenvalue weighted by atomic mass is 10.1. The summed E-state index contributed by atoms with van der Waals surface area (Å²) >= 11 is 0. The highest BCUT2D eigenvalue weighted by atomic mass is 16.2. The summed E-state index contributed by atoms with van der Waals surface area (Å²) in [7, 11) is 0. The number of hydrogen-bond donors (Lipinski definition) is 1. The first-order chi connectivity index (χ1) is 11.7. The summed E-state index contributed by atoms with van der Waals surface area (Å²) in [6.45, 7) is 5.22. The van der Waals surface area contributed by atoms with E-state index in [0.29, 0.717) is 5.69 Å². The van der Waals surface area contributed by atoms with Crippen molar-refractivity contribution >= 4 is 17.3 Å². The molecule has 24 heavy (non-hydrogen) atoms. The maximum Gasteiger partial charge on any atom is 0.277 e. The zero-order valence-electron chi connectivity index (χ0n) is 14.5. The molecule has 4 nitrogen and oxygen atoms in total. The van der Waals surface area contributed by atoms with Gasteiger partial charge in [0.25, 0.3) is 5.91 Å². The van der Waals surface area contributed by atoms with Crippen LogP contribution in [0.1, 0.15) is 49.2 Å². The molecule has 1 aliphatic heterocycles. The average Bonchev–Trinajstić information content (AvgIpc) is 2.94. The highest BCUT2D eigenvalue weighted by Gasteiger charge is 2.31. The number of anilines is 2. The quantitative estimate of drug-likeness (QED) is 0.807. The van der Waals surface area contributed by atoms with Gasteiger partial charge in [-0.25, -0.2) is 4.98 Å². The third-order valence-electron chi connectivity index (χ3n) is 4.52. The Hall–Kier alpha value is -2.36. The molecule has 0 fully saturated rings. The fourth-order valence-electron chi connectivity index (χ4n) is 3.23. The number of aromatic nitrogens is 1. The van der Waals surface area contributed by atoms with Crippen molar-refractivity contribution in [1.29, 1.82) is 0 Å². The molecule has 1 atom stereocenters. The Balaban J connectivity index is 1.69. The minimum absolute atomic E-state index is 0.0232. The van der Waals surface area contributed by atoms with Crippen molar-refractivity contribution in [3.8, 4) is 0 Å². The van der Waals surface area contributed by atoms with Gasteiger partial charge in [-0.15, -0.1) is 0 Å². The van der Waals surface area contributed by atoms with Crippen LogP contribution in [0, 0.1) is 0 Å². The molecule has 3 rings (SSSR count). The average molecular weight is 323 g/mol. The summed E-state index contributed by atoms with van der Waals surface area (Å²) in [6, 6.07) is 12.0. The highest BCUT2D eigenvalue weighted by molar-refractivity contribution is 6.06. The van der Waals surface area contributed by atoms with E-state index in [9.17, 15) is 4.79 Å². The number of benzene rings is 1. The number of unbranched alkanes of at least 4 members (excludes halogenated alkanes) is 2. The highest BCUT2D eigenvalue weighted by Crippen LogP contribution is 2.32. The predicted molar refractivity (Wildman–Crippen MR) is 98.7 cm³/mol. The van der Waals surface area contributed by atoms with Crippen molar-refractivity contribution in [3.05, 3.63) is 53.9 Å². The molecule has 1 aliphatic rings. The number of carbonyl (C=O) groups is 1. The minimum atomic E-state index is -0.0232. The fraction of sp³-hybridized carbons (Fsp3) is 0.400. The monoisotopic (exact) mass is 323 g/mol. The first-order valence-corrected chi connectivity index (χ1v) is 8.82. The van der Waals surface area contributed by atoms with E-state index < -0.39 is 0 Å². The standard InChI is InChI=1S/C20H25N3O/c1-3-4-7-12-21-17-10-11-18(22-14-17)20(24)23-15(2)13-16-8-5-6-9-19(16)23/h5-6,8-11,14-15,21H,3-4,7,12-13H2,1-2H3. The third-order valence-corrected chi connectivity index (χ3v) is 4.52. The fourth-order valence-corrected chi connectivity index (χ4v) is 3.23. The number of fused-ring (bicyclic) bond motifs is 1. The Morgan fingerprint density at radius 1 is 1.25 bits per heavy atom. The van der Waals surface area contributed by atoms with Gasteiger partial charge in [-0.1, -0.05) is 38.0 Å². The molecule has 0 saturated heterocycles. The van der Waals surface area contributed by atoms with E-state index in [1.165, 1.54) is 18.4 Å². The second-order valence-corrected chi connectivity index (χ2v) is 6.42. The van der Waals surface area contributed by atoms with Crippen molar-refractivity contribution in [2.45, 2.75) is 45.6 Å². The Kier molecular flexibility index (Phi) is 5.14. The number of amides is 1. The first-order valence-electron chi connectivity index (χ1n) is 8.82. The van der Waals surface area contributed by atoms with Crippen LogP contribution in [0.25, 0.3) is 0 Å². The second-order valence-electron chi connectivity index (χ2n) is 6.42. The Morgan fingerprint density at radius 2 is 2.08 bits per heavy atom. The van der Waals surface area contributed by atoms with Crippen molar-refractivity contribution in [2.24, 2.45) is 0 Å². The Labute approximate surface area is 143 Å². The van der Waals surface area contributed by atoms with Crippen LogP contribution in [0.4, 0.5) is 11.4 Å². The van der Waals surface area contributed by atoms with Gasteiger partial charge in [-0.3, -0.25) is 4.79 Å². The molecule has 4 heteroatoms. The van der Waals surface area contributed by atoms with Crippen molar-refractivity contribution in [2.75, 3.05) is 16.8 Å². The van der Waals surface area contributed by atoms with Crippen LogP contribution < -0.4 is 10.2 Å². The van der Waals surface area contributed by atoms with Crippen LogP contribution in [0.2, 0.25) is 0 Å². The van der Waals surface area contributed by atoms with Gasteiger partial charge in [0, 0.05) is 18.3 Å². The van der Waals surface area contributed by atoms with Gasteiger partial charge in [-0.05, 0) is 43.5 Å². The first kappa shape index (κ1) is 16.5. The lowest BCUT2D eigenvalue weighted by molar-refractivity contribution is 0.0976. The summed E-state index contributed by atoms with van der Waals surface area (Å²) in [5, 5.41) is 3.35. The molecule has 0 bridgehead atoms. The topological polar surface area (TPSA) is 45.2 Å². The SMILES string of the molecule is CCCCCNc1ccc(C(=O)N2c3ccccc3CC2C)nc1. The van der Waals surface area contributed by atoms with E-state index in [2.05, 4.69) is 30.2 Å². The summed E-state index contributed by atoms with van der Waals surface area (Å²) in [5.41, 5.74) is 3.71. The molecular formula is C20H25N3O. The molecule has 1 N–H and O–H groups in total. The molecule has 0 spiro atoms. The van der Waals surface area contributed by atoms with Crippen molar-refractivity contribution in [1.82, 2.24) is 4.98 Å². The predicted octanol–water partition coefficient (Wildman–Crippen LogP) is 4.28. The number of carbonyl (C=O) groups excluding carboxylic acids is 1. The Morgan fingerprint density at radius 3 is 2.83 bits per heavy atom. The van der Waals surface area contributed by atoms with E-state index in [0.717, 1.165) is 30.8 Å². The number of hydrogen-bond acceptors (Lipinski definition) is 3. The van der Waals surface area contributed by atoms with Crippen LogP contribution in [0.3, 0.4) is 0 Å². The number of pyridine rings is 1. The van der Waals surface area contributed by atoms with Crippen molar-refractivity contribution in [3.63, 3.8) is 0 Å². The zero-order chi connectivity index (χ0) is 16.9. The molecule has 1 amide bonds. The summed E-state index contributed by atoms with van der Waals surface area (Å²) in [5.74, 6) is -0.0232. The van der Waals surface area contributed by atoms with E-state index in [-0.39, 0.29) is 11.9 Å². The molecule has 0 saturated carbocycles. The third kappa shape index (κ3) is 3.42. The number of para-hydroxylation sites is 1. The summed E-state index contributed by atoms with van der Waals surface area (Å²) in [4.78, 5) is 19.1. The van der Waals surface area contributed by atoms with Gasteiger partial charge in [0.1, 0.15) is 5.69 Å². The van der Waals surface area contributed by atoms with Gasteiger partial charge in [0.15, 0.2) is 0 Å². The van der Waals surface area contributed by atoms with E-state index in [1.54, 1.807) is 6.20 Å². The number of nitrogens with one attached hydrogen (secondary N) is 1. The molecule has 0 aliphatic carbocycles. The molecule has 1 unspecified atom stereocenters. The summed E-state index contributed by atoms with van der Waals surface area (Å²) in [6.07, 6.45) is 6.25. The van der Waals surface area contributed by atoms with Gasteiger partial charge in [0.05, 0.1) is 11.9 Å². The van der Waals surface area contributed by atoms with Crippen LogP contribution in [0.5, 0.6) is 0 Å². The number of nitrogens with zero attached hydrogens (tertiary/aromatic N) is 2. The smallest absolute Gasteiger partial charge is 0.277 e. The Bertz CT molecular complexity index is 696. The molecule has 1 aromatic heterocycles. The lowest BCUT2D eigenvalue weighted by Crippen LogP contribution is -2.36. The van der Waals surface area contributed by atoms with Gasteiger partial charge < -0.3 is 10.2 Å². The van der Waals surface area contributed by atoms with E-state index in [1.807, 2.05) is 35.2 Å².